The van der Waals surface area contributed by atoms with Crippen LogP contribution in [0.4, 0.5) is 0 Å². The number of nitrogens with one attached hydrogen (secondary N) is 1. The van der Waals surface area contributed by atoms with Crippen LogP contribution in [-0.2, 0) is 16.4 Å². The van der Waals surface area contributed by atoms with Gasteiger partial charge in [0.1, 0.15) is 0 Å². The predicted octanol–water partition coefficient (Wildman–Crippen LogP) is 1.59. The van der Waals surface area contributed by atoms with Crippen LogP contribution in [0.3, 0.4) is 0 Å². The molecule has 1 aromatic rings. The molecule has 0 aromatic heterocycles. The summed E-state index contributed by atoms with van der Waals surface area (Å²) in [4.78, 5) is 0.627. The van der Waals surface area contributed by atoms with Crippen LogP contribution in [0.1, 0.15) is 26.3 Å². The fourth-order valence-electron chi connectivity index (χ4n) is 1.45. The molecule has 0 saturated carbocycles. The van der Waals surface area contributed by atoms with Crippen molar-refractivity contribution in [2.75, 3.05) is 0 Å². The molecule has 6 heteroatoms. The molecule has 0 atom stereocenters. The Hall–Kier alpha value is -0.980. The number of sulfonamides is 1. The Morgan fingerprint density at radius 1 is 1.28 bits per heavy atom. The largest absolute Gasteiger partial charge is 0.393 e. The van der Waals surface area contributed by atoms with E-state index in [1.165, 1.54) is 0 Å². The molecule has 0 bridgehead atoms. The van der Waals surface area contributed by atoms with E-state index in [-0.39, 0.29) is 4.90 Å². The van der Waals surface area contributed by atoms with Crippen molar-refractivity contribution in [3.05, 3.63) is 29.8 Å². The molecule has 0 unspecified atom stereocenters. The van der Waals surface area contributed by atoms with Gasteiger partial charge in [0.25, 0.3) is 0 Å². The van der Waals surface area contributed by atoms with Crippen molar-refractivity contribution in [2.24, 2.45) is 5.73 Å². The van der Waals surface area contributed by atoms with E-state index in [2.05, 4.69) is 4.72 Å². The van der Waals surface area contributed by atoms with Gasteiger partial charge in [-0.05, 0) is 38.5 Å². The first-order valence-corrected chi connectivity index (χ1v) is 7.40. The highest BCUT2D eigenvalue weighted by Gasteiger charge is 2.21. The Balaban J connectivity index is 2.94. The van der Waals surface area contributed by atoms with E-state index < -0.39 is 15.6 Å². The Kier molecular flexibility index (Phi) is 4.47. The highest BCUT2D eigenvalue weighted by atomic mass is 32.2. The van der Waals surface area contributed by atoms with Gasteiger partial charge in [-0.25, -0.2) is 13.1 Å². The molecular formula is C12H18N2O2S2. The zero-order chi connectivity index (χ0) is 14.0. The monoisotopic (exact) mass is 286 g/mol. The first-order chi connectivity index (χ1) is 8.10. The molecule has 0 aliphatic heterocycles. The third-order valence-electron chi connectivity index (χ3n) is 2.05. The Bertz CT molecular complexity index is 528. The lowest BCUT2D eigenvalue weighted by Crippen LogP contribution is -2.40. The summed E-state index contributed by atoms with van der Waals surface area (Å²) in [5, 5.41) is 0. The number of benzene rings is 1. The SMILES string of the molecule is CC(C)(C)NS(=O)(=O)c1ccc(CC(N)=S)cc1. The van der Waals surface area contributed by atoms with Gasteiger partial charge in [-0.2, -0.15) is 0 Å². The number of nitrogens with two attached hydrogens (primary N) is 1. The summed E-state index contributed by atoms with van der Waals surface area (Å²) in [6.45, 7) is 5.39. The van der Waals surface area contributed by atoms with Gasteiger partial charge in [-0.15, -0.1) is 0 Å². The van der Waals surface area contributed by atoms with E-state index in [4.69, 9.17) is 18.0 Å². The molecule has 18 heavy (non-hydrogen) atoms. The van der Waals surface area contributed by atoms with Crippen LogP contribution < -0.4 is 10.5 Å². The fourth-order valence-corrected chi connectivity index (χ4v) is 3.03. The minimum absolute atomic E-state index is 0.240. The van der Waals surface area contributed by atoms with E-state index in [1.807, 2.05) is 0 Å². The molecule has 3 N–H and O–H groups in total. The summed E-state index contributed by atoms with van der Waals surface area (Å²) in [5.74, 6) is 0. The Morgan fingerprint density at radius 2 is 1.78 bits per heavy atom. The van der Waals surface area contributed by atoms with Crippen molar-refractivity contribution < 1.29 is 8.42 Å². The normalized spacial score (nSPS) is 12.4. The standard InChI is InChI=1S/C12H18N2O2S2/c1-12(2,3)14-18(15,16)10-6-4-9(5-7-10)8-11(13)17/h4-7,14H,8H2,1-3H3,(H2,13,17). The highest BCUT2D eigenvalue weighted by Crippen LogP contribution is 2.14. The van der Waals surface area contributed by atoms with Crippen LogP contribution in [0.25, 0.3) is 0 Å². The first kappa shape index (κ1) is 15.1. The number of hydrogen-bond donors (Lipinski definition) is 2. The van der Waals surface area contributed by atoms with E-state index in [9.17, 15) is 8.42 Å². The minimum Gasteiger partial charge on any atom is -0.393 e. The molecule has 0 radical (unpaired) electrons. The average molecular weight is 286 g/mol. The van der Waals surface area contributed by atoms with E-state index >= 15 is 0 Å². The molecule has 4 nitrogen and oxygen atoms in total. The molecule has 0 aliphatic carbocycles. The van der Waals surface area contributed by atoms with Crippen molar-refractivity contribution >= 4 is 27.2 Å². The highest BCUT2D eigenvalue weighted by molar-refractivity contribution is 7.89. The van der Waals surface area contributed by atoms with Gasteiger partial charge in [0.2, 0.25) is 10.0 Å². The smallest absolute Gasteiger partial charge is 0.241 e. The van der Waals surface area contributed by atoms with Crippen LogP contribution in [0, 0.1) is 0 Å². The second kappa shape index (κ2) is 5.34. The molecule has 0 aliphatic rings. The van der Waals surface area contributed by atoms with E-state index in [1.54, 1.807) is 45.0 Å². The molecule has 0 amide bonds. The van der Waals surface area contributed by atoms with Crippen molar-refractivity contribution in [2.45, 2.75) is 37.6 Å². The second-order valence-electron chi connectivity index (χ2n) is 5.14. The maximum Gasteiger partial charge on any atom is 0.241 e. The number of thiocarbonyl (C=S) groups is 1. The van der Waals surface area contributed by atoms with Crippen LogP contribution in [0.15, 0.2) is 29.2 Å². The molecule has 1 rings (SSSR count). The van der Waals surface area contributed by atoms with Gasteiger partial charge in [-0.3, -0.25) is 0 Å². The third kappa shape index (κ3) is 4.72. The zero-order valence-electron chi connectivity index (χ0n) is 10.7. The summed E-state index contributed by atoms with van der Waals surface area (Å²) in [7, 11) is -3.48. The summed E-state index contributed by atoms with van der Waals surface area (Å²) >= 11 is 4.80. The lowest BCUT2D eigenvalue weighted by Gasteiger charge is -2.20. The molecule has 0 heterocycles. The maximum absolute atomic E-state index is 12.0. The molecule has 1 aromatic carbocycles. The van der Waals surface area contributed by atoms with Crippen LogP contribution in [0.2, 0.25) is 0 Å². The van der Waals surface area contributed by atoms with E-state index in [0.29, 0.717) is 11.4 Å². The van der Waals surface area contributed by atoms with Crippen molar-refractivity contribution in [1.29, 1.82) is 0 Å². The van der Waals surface area contributed by atoms with Crippen molar-refractivity contribution in [3.63, 3.8) is 0 Å². The first-order valence-electron chi connectivity index (χ1n) is 5.51. The Labute approximate surface area is 114 Å². The van der Waals surface area contributed by atoms with Gasteiger partial charge < -0.3 is 5.73 Å². The van der Waals surface area contributed by atoms with Crippen molar-refractivity contribution in [1.82, 2.24) is 4.72 Å². The van der Waals surface area contributed by atoms with Gasteiger partial charge in [0, 0.05) is 12.0 Å². The summed E-state index contributed by atoms with van der Waals surface area (Å²) in [5.41, 5.74) is 5.83. The predicted molar refractivity (Wildman–Crippen MR) is 77.0 cm³/mol. The maximum atomic E-state index is 12.0. The summed E-state index contributed by atoms with van der Waals surface area (Å²) in [6.07, 6.45) is 0.475. The lowest BCUT2D eigenvalue weighted by molar-refractivity contribution is 0.491. The molecule has 0 spiro atoms. The summed E-state index contributed by atoms with van der Waals surface area (Å²) in [6, 6.07) is 6.55. The quantitative estimate of drug-likeness (QED) is 0.825. The van der Waals surface area contributed by atoms with Crippen molar-refractivity contribution in [3.8, 4) is 0 Å². The van der Waals surface area contributed by atoms with E-state index in [0.717, 1.165) is 5.56 Å². The second-order valence-corrected chi connectivity index (χ2v) is 7.35. The number of rotatable bonds is 4. The molecular weight excluding hydrogens is 268 g/mol. The van der Waals surface area contributed by atoms with Crippen LogP contribution in [-0.4, -0.2) is 18.9 Å². The molecule has 0 fully saturated rings. The topological polar surface area (TPSA) is 72.2 Å². The van der Waals surface area contributed by atoms with Gasteiger partial charge in [0.05, 0.1) is 9.88 Å². The Morgan fingerprint density at radius 3 is 2.17 bits per heavy atom. The van der Waals surface area contributed by atoms with Gasteiger partial charge in [0.15, 0.2) is 0 Å². The number of hydrogen-bond acceptors (Lipinski definition) is 3. The molecule has 100 valence electrons. The fraction of sp³-hybridized carbons (Fsp3) is 0.417. The minimum atomic E-state index is -3.48. The van der Waals surface area contributed by atoms with Crippen LogP contribution >= 0.6 is 12.2 Å². The lowest BCUT2D eigenvalue weighted by atomic mass is 10.1. The molecule has 0 saturated heterocycles. The zero-order valence-corrected chi connectivity index (χ0v) is 12.4. The van der Waals surface area contributed by atoms with Crippen LogP contribution in [0.5, 0.6) is 0 Å². The average Bonchev–Trinajstić information content (AvgIpc) is 2.13. The van der Waals surface area contributed by atoms with Gasteiger partial charge in [-0.1, -0.05) is 24.4 Å². The summed E-state index contributed by atoms with van der Waals surface area (Å²) < 4.78 is 26.6. The van der Waals surface area contributed by atoms with Gasteiger partial charge >= 0.3 is 0 Å². The third-order valence-corrected chi connectivity index (χ3v) is 3.97.